The van der Waals surface area contributed by atoms with Gasteiger partial charge in [-0.25, -0.2) is 0 Å². The van der Waals surface area contributed by atoms with Crippen LogP contribution in [-0.2, 0) is 6.54 Å². The minimum Gasteiger partial charge on any atom is -0.486 e. The monoisotopic (exact) mass is 364 g/mol. The zero-order chi connectivity index (χ0) is 15.5. The smallest absolute Gasteiger partial charge is 0.270 e. The fourth-order valence-corrected chi connectivity index (χ4v) is 2.66. The molecule has 2 aromatic carbocycles. The van der Waals surface area contributed by atoms with Crippen molar-refractivity contribution in [2.24, 2.45) is 0 Å². The molecule has 3 rings (SSSR count). The Kier molecular flexibility index (Phi) is 4.15. The summed E-state index contributed by atoms with van der Waals surface area (Å²) in [7, 11) is 0. The molecule has 2 aromatic rings. The van der Waals surface area contributed by atoms with Crippen LogP contribution >= 0.6 is 15.9 Å². The van der Waals surface area contributed by atoms with Crippen LogP contribution < -0.4 is 14.8 Å². The Balaban J connectivity index is 1.71. The number of benzene rings is 2. The fourth-order valence-electron chi connectivity index (χ4n) is 2.16. The quantitative estimate of drug-likeness (QED) is 0.660. The van der Waals surface area contributed by atoms with Gasteiger partial charge in [0, 0.05) is 28.8 Å². The molecule has 0 unspecified atom stereocenters. The van der Waals surface area contributed by atoms with E-state index in [1.54, 1.807) is 6.07 Å². The van der Waals surface area contributed by atoms with Gasteiger partial charge in [0.15, 0.2) is 11.5 Å². The first-order valence-electron chi connectivity index (χ1n) is 6.70. The summed E-state index contributed by atoms with van der Waals surface area (Å²) >= 11 is 3.34. The summed E-state index contributed by atoms with van der Waals surface area (Å²) in [6.07, 6.45) is 0. The minimum absolute atomic E-state index is 0.0526. The maximum absolute atomic E-state index is 10.7. The number of hydrogen-bond acceptors (Lipinski definition) is 5. The normalized spacial score (nSPS) is 12.8. The highest BCUT2D eigenvalue weighted by molar-refractivity contribution is 9.10. The molecule has 1 heterocycles. The van der Waals surface area contributed by atoms with Gasteiger partial charge in [0.25, 0.3) is 5.69 Å². The molecule has 0 amide bonds. The number of halogens is 1. The highest BCUT2D eigenvalue weighted by atomic mass is 79.9. The van der Waals surface area contributed by atoms with Gasteiger partial charge in [0.1, 0.15) is 13.2 Å². The molecule has 1 aliphatic heterocycles. The maximum Gasteiger partial charge on any atom is 0.270 e. The first kappa shape index (κ1) is 14.6. The van der Waals surface area contributed by atoms with Gasteiger partial charge < -0.3 is 14.8 Å². The second-order valence-corrected chi connectivity index (χ2v) is 5.61. The zero-order valence-electron chi connectivity index (χ0n) is 11.5. The average Bonchev–Trinajstić information content (AvgIpc) is 2.53. The first-order chi connectivity index (χ1) is 10.6. The highest BCUT2D eigenvalue weighted by Gasteiger charge is 2.12. The number of hydrogen-bond donors (Lipinski definition) is 1. The van der Waals surface area contributed by atoms with Crippen molar-refractivity contribution < 1.29 is 14.4 Å². The molecule has 22 heavy (non-hydrogen) atoms. The van der Waals surface area contributed by atoms with Gasteiger partial charge in [0.2, 0.25) is 0 Å². The molecule has 7 heteroatoms. The van der Waals surface area contributed by atoms with Crippen LogP contribution in [0, 0.1) is 10.1 Å². The van der Waals surface area contributed by atoms with E-state index in [9.17, 15) is 10.1 Å². The molecule has 0 saturated carbocycles. The molecule has 0 aromatic heterocycles. The number of nitro benzene ring substituents is 1. The lowest BCUT2D eigenvalue weighted by Gasteiger charge is -2.19. The topological polar surface area (TPSA) is 73.6 Å². The van der Waals surface area contributed by atoms with Crippen molar-refractivity contribution in [3.8, 4) is 11.5 Å². The summed E-state index contributed by atoms with van der Waals surface area (Å²) in [5, 5.41) is 14.0. The molecule has 0 radical (unpaired) electrons. The fraction of sp³-hybridized carbons (Fsp3) is 0.200. The predicted molar refractivity (Wildman–Crippen MR) is 85.6 cm³/mol. The number of ether oxygens (including phenoxy) is 2. The Morgan fingerprint density at radius 2 is 1.91 bits per heavy atom. The third-order valence-corrected chi connectivity index (χ3v) is 3.91. The minimum atomic E-state index is -0.421. The second-order valence-electron chi connectivity index (χ2n) is 4.75. The number of nitrogens with zero attached hydrogens (tertiary/aromatic N) is 1. The van der Waals surface area contributed by atoms with Gasteiger partial charge >= 0.3 is 0 Å². The number of fused-ring (bicyclic) bond motifs is 1. The second kappa shape index (κ2) is 6.23. The van der Waals surface area contributed by atoms with Crippen LogP contribution in [0.4, 0.5) is 11.4 Å². The van der Waals surface area contributed by atoms with Crippen LogP contribution in [0.2, 0.25) is 0 Å². The first-order valence-corrected chi connectivity index (χ1v) is 7.49. The standard InChI is InChI=1S/C15H13BrN2O4/c16-12-8-11(18(19)20)2-3-13(12)17-9-10-1-4-14-15(7-10)22-6-5-21-14/h1-4,7-8,17H,5-6,9H2. The summed E-state index contributed by atoms with van der Waals surface area (Å²) in [4.78, 5) is 10.3. The van der Waals surface area contributed by atoms with E-state index in [4.69, 9.17) is 9.47 Å². The van der Waals surface area contributed by atoms with E-state index in [0.717, 1.165) is 22.7 Å². The molecule has 0 fully saturated rings. The Bertz CT molecular complexity index is 721. The van der Waals surface area contributed by atoms with Crippen molar-refractivity contribution in [2.75, 3.05) is 18.5 Å². The summed E-state index contributed by atoms with van der Waals surface area (Å²) in [6.45, 7) is 1.70. The van der Waals surface area contributed by atoms with Crippen molar-refractivity contribution in [3.63, 3.8) is 0 Å². The van der Waals surface area contributed by atoms with Gasteiger partial charge in [-0.15, -0.1) is 0 Å². The van der Waals surface area contributed by atoms with Crippen LogP contribution in [0.1, 0.15) is 5.56 Å². The largest absolute Gasteiger partial charge is 0.486 e. The van der Waals surface area contributed by atoms with E-state index < -0.39 is 4.92 Å². The number of nitro groups is 1. The van der Waals surface area contributed by atoms with Gasteiger partial charge in [0.05, 0.1) is 4.92 Å². The Morgan fingerprint density at radius 3 is 2.64 bits per heavy atom. The van der Waals surface area contributed by atoms with Crippen molar-refractivity contribution >= 4 is 27.3 Å². The van der Waals surface area contributed by atoms with Crippen molar-refractivity contribution in [1.29, 1.82) is 0 Å². The molecule has 6 nitrogen and oxygen atoms in total. The predicted octanol–water partition coefficient (Wildman–Crippen LogP) is 3.74. The van der Waals surface area contributed by atoms with E-state index >= 15 is 0 Å². The molecule has 1 N–H and O–H groups in total. The molecular weight excluding hydrogens is 352 g/mol. The summed E-state index contributed by atoms with van der Waals surface area (Å²) in [5.41, 5.74) is 1.88. The zero-order valence-corrected chi connectivity index (χ0v) is 13.1. The SMILES string of the molecule is O=[N+]([O-])c1ccc(NCc2ccc3c(c2)OCCO3)c(Br)c1. The van der Waals surface area contributed by atoms with E-state index in [1.807, 2.05) is 18.2 Å². The molecule has 0 atom stereocenters. The van der Waals surface area contributed by atoms with Gasteiger partial charge in [-0.2, -0.15) is 0 Å². The number of anilines is 1. The summed E-state index contributed by atoms with van der Waals surface area (Å²) in [6, 6.07) is 10.4. The number of non-ortho nitro benzene ring substituents is 1. The van der Waals surface area contributed by atoms with Crippen LogP contribution in [0.25, 0.3) is 0 Å². The molecule has 0 aliphatic carbocycles. The Morgan fingerprint density at radius 1 is 1.14 bits per heavy atom. The lowest BCUT2D eigenvalue weighted by Crippen LogP contribution is -2.15. The lowest BCUT2D eigenvalue weighted by atomic mass is 10.2. The van der Waals surface area contributed by atoms with E-state index in [-0.39, 0.29) is 5.69 Å². The van der Waals surface area contributed by atoms with Crippen LogP contribution in [0.15, 0.2) is 40.9 Å². The highest BCUT2D eigenvalue weighted by Crippen LogP contribution is 2.32. The van der Waals surface area contributed by atoms with Gasteiger partial charge in [-0.1, -0.05) is 6.07 Å². The van der Waals surface area contributed by atoms with E-state index in [0.29, 0.717) is 24.2 Å². The number of rotatable bonds is 4. The van der Waals surface area contributed by atoms with E-state index in [1.165, 1.54) is 12.1 Å². The molecular formula is C15H13BrN2O4. The summed E-state index contributed by atoms with van der Waals surface area (Å²) in [5.74, 6) is 1.50. The van der Waals surface area contributed by atoms with Crippen molar-refractivity contribution in [3.05, 3.63) is 56.5 Å². The van der Waals surface area contributed by atoms with Crippen molar-refractivity contribution in [1.82, 2.24) is 0 Å². The van der Waals surface area contributed by atoms with Crippen LogP contribution in [0.5, 0.6) is 11.5 Å². The third-order valence-electron chi connectivity index (χ3n) is 3.25. The molecule has 0 bridgehead atoms. The van der Waals surface area contributed by atoms with E-state index in [2.05, 4.69) is 21.2 Å². The average molecular weight is 365 g/mol. The van der Waals surface area contributed by atoms with Crippen LogP contribution in [0.3, 0.4) is 0 Å². The summed E-state index contributed by atoms with van der Waals surface area (Å²) < 4.78 is 11.7. The van der Waals surface area contributed by atoms with Gasteiger partial charge in [-0.05, 0) is 39.7 Å². The molecule has 114 valence electrons. The lowest BCUT2D eigenvalue weighted by molar-refractivity contribution is -0.384. The Hall–Kier alpha value is -2.28. The van der Waals surface area contributed by atoms with Gasteiger partial charge in [-0.3, -0.25) is 10.1 Å². The molecule has 0 spiro atoms. The Labute approximate surface area is 135 Å². The molecule has 1 aliphatic rings. The third kappa shape index (κ3) is 3.14. The number of nitrogens with one attached hydrogen (secondary N) is 1. The molecule has 0 saturated heterocycles. The maximum atomic E-state index is 10.7. The van der Waals surface area contributed by atoms with Crippen molar-refractivity contribution in [2.45, 2.75) is 6.54 Å². The van der Waals surface area contributed by atoms with Crippen LogP contribution in [-0.4, -0.2) is 18.1 Å².